The molecule has 0 aromatic carbocycles. The van der Waals surface area contributed by atoms with Gasteiger partial charge in [0.1, 0.15) is 0 Å². The van der Waals surface area contributed by atoms with E-state index in [1.807, 2.05) is 12.4 Å². The quantitative estimate of drug-likeness (QED) is 0.872. The van der Waals surface area contributed by atoms with Gasteiger partial charge in [-0.2, -0.15) is 0 Å². The fourth-order valence-corrected chi connectivity index (χ4v) is 3.20. The van der Waals surface area contributed by atoms with Crippen LogP contribution in [0.25, 0.3) is 0 Å². The van der Waals surface area contributed by atoms with Crippen LogP contribution in [0, 0.1) is 18.8 Å². The fourth-order valence-electron chi connectivity index (χ4n) is 3.20. The largest absolute Gasteiger partial charge is 0.310 e. The van der Waals surface area contributed by atoms with Gasteiger partial charge in [-0.05, 0) is 55.3 Å². The highest BCUT2D eigenvalue weighted by atomic mass is 14.9. The summed E-state index contributed by atoms with van der Waals surface area (Å²) >= 11 is 0. The Morgan fingerprint density at radius 1 is 1.33 bits per heavy atom. The van der Waals surface area contributed by atoms with Gasteiger partial charge >= 0.3 is 0 Å². The molecule has 2 heteroatoms. The summed E-state index contributed by atoms with van der Waals surface area (Å²) in [5.41, 5.74) is 2.77. The molecule has 1 saturated carbocycles. The van der Waals surface area contributed by atoms with Gasteiger partial charge in [0.2, 0.25) is 0 Å². The van der Waals surface area contributed by atoms with E-state index in [-0.39, 0.29) is 0 Å². The molecule has 1 heterocycles. The third-order valence-corrected chi connectivity index (χ3v) is 4.35. The first-order valence-electron chi connectivity index (χ1n) is 7.36. The van der Waals surface area contributed by atoms with Crippen molar-refractivity contribution in [3.05, 3.63) is 29.6 Å². The van der Waals surface area contributed by atoms with Gasteiger partial charge in [-0.3, -0.25) is 4.98 Å². The molecule has 1 aliphatic carbocycles. The maximum Gasteiger partial charge on any atom is 0.0352 e. The fraction of sp³-hybridized carbons (Fsp3) is 0.688. The molecule has 1 aliphatic rings. The van der Waals surface area contributed by atoms with E-state index in [0.717, 1.165) is 18.4 Å². The zero-order chi connectivity index (χ0) is 13.0. The summed E-state index contributed by atoms with van der Waals surface area (Å²) in [7, 11) is 0. The van der Waals surface area contributed by atoms with Crippen LogP contribution >= 0.6 is 0 Å². The average molecular weight is 246 g/mol. The van der Waals surface area contributed by atoms with Crippen LogP contribution in [0.4, 0.5) is 0 Å². The smallest absolute Gasteiger partial charge is 0.0352 e. The molecule has 1 N–H and O–H groups in total. The number of aryl methyl sites for hydroxylation is 1. The normalized spacial score (nSPS) is 25.9. The maximum atomic E-state index is 4.22. The van der Waals surface area contributed by atoms with Crippen molar-refractivity contribution in [1.29, 1.82) is 0 Å². The molecule has 18 heavy (non-hydrogen) atoms. The second-order valence-electron chi connectivity index (χ2n) is 5.79. The minimum absolute atomic E-state index is 0.519. The van der Waals surface area contributed by atoms with E-state index in [1.54, 1.807) is 0 Å². The van der Waals surface area contributed by atoms with E-state index in [9.17, 15) is 0 Å². The van der Waals surface area contributed by atoms with Gasteiger partial charge in [0.15, 0.2) is 0 Å². The van der Waals surface area contributed by atoms with Crippen molar-refractivity contribution in [2.75, 3.05) is 6.54 Å². The van der Waals surface area contributed by atoms with Crippen molar-refractivity contribution in [3.8, 4) is 0 Å². The Morgan fingerprint density at radius 2 is 2.06 bits per heavy atom. The molecule has 1 aromatic rings. The van der Waals surface area contributed by atoms with Crippen molar-refractivity contribution in [2.45, 2.75) is 52.5 Å². The molecule has 100 valence electrons. The molecular formula is C16H26N2. The first-order valence-corrected chi connectivity index (χ1v) is 7.36. The van der Waals surface area contributed by atoms with Crippen molar-refractivity contribution in [1.82, 2.24) is 10.3 Å². The predicted molar refractivity (Wildman–Crippen MR) is 76.5 cm³/mol. The summed E-state index contributed by atoms with van der Waals surface area (Å²) < 4.78 is 0. The van der Waals surface area contributed by atoms with Crippen LogP contribution in [-0.4, -0.2) is 11.5 Å². The molecular weight excluding hydrogens is 220 g/mol. The molecule has 1 fully saturated rings. The third-order valence-electron chi connectivity index (χ3n) is 4.35. The summed E-state index contributed by atoms with van der Waals surface area (Å²) in [4.78, 5) is 4.22. The second kappa shape index (κ2) is 6.33. The number of hydrogen-bond acceptors (Lipinski definition) is 2. The summed E-state index contributed by atoms with van der Waals surface area (Å²) in [5.74, 6) is 1.71. The number of nitrogens with one attached hydrogen (secondary N) is 1. The number of pyridine rings is 1. The first kappa shape index (κ1) is 13.5. The van der Waals surface area contributed by atoms with Gasteiger partial charge in [0.25, 0.3) is 0 Å². The molecule has 1 aromatic heterocycles. The van der Waals surface area contributed by atoms with E-state index in [2.05, 4.69) is 37.1 Å². The predicted octanol–water partition coefficient (Wildman–Crippen LogP) is 3.87. The van der Waals surface area contributed by atoms with Crippen molar-refractivity contribution < 1.29 is 0 Å². The van der Waals surface area contributed by atoms with E-state index in [0.29, 0.717) is 6.04 Å². The Hall–Kier alpha value is -0.890. The SMILES string of the molecule is CCNC(c1ccncc1C)C1CCC(C)CC1. The number of nitrogens with zero attached hydrogens (tertiary/aromatic N) is 1. The van der Waals surface area contributed by atoms with Gasteiger partial charge in [-0.25, -0.2) is 0 Å². The van der Waals surface area contributed by atoms with Crippen LogP contribution in [0.5, 0.6) is 0 Å². The highest BCUT2D eigenvalue weighted by molar-refractivity contribution is 5.26. The molecule has 2 rings (SSSR count). The monoisotopic (exact) mass is 246 g/mol. The molecule has 0 aliphatic heterocycles. The van der Waals surface area contributed by atoms with Gasteiger partial charge < -0.3 is 5.32 Å². The standard InChI is InChI=1S/C16H26N2/c1-4-18-16(14-7-5-12(2)6-8-14)15-9-10-17-11-13(15)3/h9-12,14,16,18H,4-8H2,1-3H3. The number of hydrogen-bond donors (Lipinski definition) is 1. The van der Waals surface area contributed by atoms with Crippen LogP contribution in [-0.2, 0) is 0 Å². The molecule has 0 radical (unpaired) electrons. The van der Waals surface area contributed by atoms with Crippen molar-refractivity contribution in [2.24, 2.45) is 11.8 Å². The minimum Gasteiger partial charge on any atom is -0.310 e. The molecule has 0 amide bonds. The molecule has 0 bridgehead atoms. The van der Waals surface area contributed by atoms with Crippen LogP contribution in [0.2, 0.25) is 0 Å². The molecule has 1 atom stereocenters. The van der Waals surface area contributed by atoms with Crippen molar-refractivity contribution in [3.63, 3.8) is 0 Å². The third kappa shape index (κ3) is 3.11. The molecule has 0 saturated heterocycles. The van der Waals surface area contributed by atoms with Crippen molar-refractivity contribution >= 4 is 0 Å². The lowest BCUT2D eigenvalue weighted by molar-refractivity contribution is 0.232. The second-order valence-corrected chi connectivity index (χ2v) is 5.79. The summed E-state index contributed by atoms with van der Waals surface area (Å²) in [5, 5.41) is 3.70. The van der Waals surface area contributed by atoms with Crippen LogP contribution in [0.1, 0.15) is 56.7 Å². The van der Waals surface area contributed by atoms with E-state index >= 15 is 0 Å². The maximum absolute atomic E-state index is 4.22. The highest BCUT2D eigenvalue weighted by Gasteiger charge is 2.27. The van der Waals surface area contributed by atoms with Crippen LogP contribution in [0.15, 0.2) is 18.5 Å². The molecule has 0 spiro atoms. The Balaban J connectivity index is 2.15. The lowest BCUT2D eigenvalue weighted by Gasteiger charge is -2.34. The topological polar surface area (TPSA) is 24.9 Å². The highest BCUT2D eigenvalue weighted by Crippen LogP contribution is 2.37. The minimum atomic E-state index is 0.519. The summed E-state index contributed by atoms with van der Waals surface area (Å²) in [6, 6.07) is 2.71. The van der Waals surface area contributed by atoms with E-state index in [1.165, 1.54) is 36.8 Å². The van der Waals surface area contributed by atoms with E-state index in [4.69, 9.17) is 0 Å². The summed E-state index contributed by atoms with van der Waals surface area (Å²) in [6.45, 7) is 7.81. The first-order chi connectivity index (χ1) is 8.72. The Bertz CT molecular complexity index is 367. The van der Waals surface area contributed by atoms with E-state index < -0.39 is 0 Å². The lowest BCUT2D eigenvalue weighted by Crippen LogP contribution is -2.31. The van der Waals surface area contributed by atoms with Crippen LogP contribution < -0.4 is 5.32 Å². The zero-order valence-electron chi connectivity index (χ0n) is 11.9. The summed E-state index contributed by atoms with van der Waals surface area (Å²) in [6.07, 6.45) is 9.41. The Morgan fingerprint density at radius 3 is 2.67 bits per heavy atom. The van der Waals surface area contributed by atoms with Gasteiger partial charge in [0.05, 0.1) is 0 Å². The van der Waals surface area contributed by atoms with Crippen LogP contribution in [0.3, 0.4) is 0 Å². The van der Waals surface area contributed by atoms with Gasteiger partial charge in [-0.1, -0.05) is 26.7 Å². The Labute approximate surface area is 111 Å². The number of aromatic nitrogens is 1. The molecule has 1 unspecified atom stereocenters. The average Bonchev–Trinajstić information content (AvgIpc) is 2.38. The Kier molecular flexibility index (Phi) is 4.76. The van der Waals surface area contributed by atoms with Gasteiger partial charge in [-0.15, -0.1) is 0 Å². The zero-order valence-corrected chi connectivity index (χ0v) is 11.9. The van der Waals surface area contributed by atoms with Gasteiger partial charge in [0, 0.05) is 18.4 Å². The number of rotatable bonds is 4. The lowest BCUT2D eigenvalue weighted by atomic mass is 9.77. The molecule has 2 nitrogen and oxygen atoms in total.